The minimum absolute atomic E-state index is 0.0915. The third kappa shape index (κ3) is 4.22. The topological polar surface area (TPSA) is 35.5 Å². The summed E-state index contributed by atoms with van der Waals surface area (Å²) < 4.78 is 13.0. The predicted molar refractivity (Wildman–Crippen MR) is 112 cm³/mol. The highest BCUT2D eigenvalue weighted by Gasteiger charge is 2.35. The Morgan fingerprint density at radius 3 is 2.11 bits per heavy atom. The summed E-state index contributed by atoms with van der Waals surface area (Å²) in [5.41, 5.74) is 1.75. The summed E-state index contributed by atoms with van der Waals surface area (Å²) in [5.74, 6) is 0.837. The van der Waals surface area contributed by atoms with Crippen LogP contribution in [0.4, 0.5) is 0 Å². The minimum atomic E-state index is -0.443. The summed E-state index contributed by atoms with van der Waals surface area (Å²) >= 11 is 0. The lowest BCUT2D eigenvalue weighted by molar-refractivity contribution is -0.910. The molecule has 0 saturated heterocycles. The number of hydrogen-bond donors (Lipinski definition) is 0. The molecule has 0 N–H and O–H groups in total. The molecule has 2 aromatic carbocycles. The first-order valence-corrected chi connectivity index (χ1v) is 10.4. The van der Waals surface area contributed by atoms with Gasteiger partial charge in [0.2, 0.25) is 0 Å². The molecule has 4 heteroatoms. The van der Waals surface area contributed by atoms with Gasteiger partial charge in [0.15, 0.2) is 6.10 Å². The van der Waals surface area contributed by atoms with Gasteiger partial charge in [-0.05, 0) is 31.9 Å². The molecule has 28 heavy (non-hydrogen) atoms. The van der Waals surface area contributed by atoms with E-state index in [0.717, 1.165) is 59.6 Å². The molecule has 150 valence electrons. The van der Waals surface area contributed by atoms with Crippen molar-refractivity contribution in [3.63, 3.8) is 0 Å². The van der Waals surface area contributed by atoms with Crippen molar-refractivity contribution in [2.24, 2.45) is 0 Å². The maximum atomic E-state index is 13.3. The molecule has 1 heterocycles. The second-order valence-electron chi connectivity index (χ2n) is 7.92. The molecule has 0 aromatic heterocycles. The van der Waals surface area contributed by atoms with Crippen molar-refractivity contribution in [1.29, 1.82) is 0 Å². The highest BCUT2D eigenvalue weighted by Crippen LogP contribution is 2.44. The van der Waals surface area contributed by atoms with Crippen molar-refractivity contribution in [3.05, 3.63) is 59.7 Å². The number of benzene rings is 2. The summed E-state index contributed by atoms with van der Waals surface area (Å²) in [4.78, 5) is 13.3. The molecule has 3 rings (SSSR count). The summed E-state index contributed by atoms with van der Waals surface area (Å²) in [6, 6.07) is 15.5. The van der Waals surface area contributed by atoms with Crippen molar-refractivity contribution in [1.82, 2.24) is 0 Å². The number of ether oxygens (including phenoxy) is 2. The molecule has 0 spiro atoms. The van der Waals surface area contributed by atoms with Crippen molar-refractivity contribution >= 4 is 5.97 Å². The van der Waals surface area contributed by atoms with Gasteiger partial charge in [0.1, 0.15) is 24.0 Å². The number of rotatable bonds is 8. The molecule has 2 unspecified atom stereocenters. The fourth-order valence-electron chi connectivity index (χ4n) is 4.06. The van der Waals surface area contributed by atoms with E-state index in [1.165, 1.54) is 0 Å². The number of para-hydroxylation sites is 2. The predicted octanol–water partition coefficient (Wildman–Crippen LogP) is 5.12. The number of likely N-dealkylation sites (N-methyl/N-ethyl adjacent to an activating group) is 1. The maximum Gasteiger partial charge on any atom is 0.318 e. The molecule has 0 saturated carbocycles. The number of carbonyl (C=O) groups is 1. The lowest BCUT2D eigenvalue weighted by Crippen LogP contribution is -2.50. The summed E-state index contributed by atoms with van der Waals surface area (Å²) in [6.45, 7) is 9.47. The normalized spacial score (nSPS) is 16.3. The molecule has 1 aliphatic rings. The van der Waals surface area contributed by atoms with Crippen molar-refractivity contribution in [2.45, 2.75) is 45.6 Å². The molecule has 4 nitrogen and oxygen atoms in total. The van der Waals surface area contributed by atoms with E-state index in [4.69, 9.17) is 9.47 Å². The van der Waals surface area contributed by atoms with E-state index in [1.807, 2.05) is 48.5 Å². The van der Waals surface area contributed by atoms with Crippen LogP contribution in [0.2, 0.25) is 0 Å². The van der Waals surface area contributed by atoms with Crippen molar-refractivity contribution in [3.8, 4) is 11.5 Å². The maximum absolute atomic E-state index is 13.3. The van der Waals surface area contributed by atoms with E-state index in [0.29, 0.717) is 0 Å². The van der Waals surface area contributed by atoms with Crippen LogP contribution in [0.5, 0.6) is 11.5 Å². The minimum Gasteiger partial charge on any atom is -0.457 e. The van der Waals surface area contributed by atoms with E-state index in [9.17, 15) is 4.79 Å². The second kappa shape index (κ2) is 8.78. The van der Waals surface area contributed by atoms with Crippen LogP contribution in [0.1, 0.15) is 50.7 Å². The Hall–Kier alpha value is -2.33. The van der Waals surface area contributed by atoms with Crippen LogP contribution in [-0.4, -0.2) is 43.2 Å². The average Bonchev–Trinajstić information content (AvgIpc) is 2.71. The Morgan fingerprint density at radius 1 is 1.04 bits per heavy atom. The first-order chi connectivity index (χ1) is 13.5. The lowest BCUT2D eigenvalue weighted by Gasteiger charge is -2.36. The smallest absolute Gasteiger partial charge is 0.318 e. The summed E-state index contributed by atoms with van der Waals surface area (Å²) in [6.07, 6.45) is 1.84. The van der Waals surface area contributed by atoms with E-state index in [1.54, 1.807) is 0 Å². The van der Waals surface area contributed by atoms with Crippen LogP contribution >= 0.6 is 0 Å². The van der Waals surface area contributed by atoms with Crippen LogP contribution in [0, 0.1) is 0 Å². The Labute approximate surface area is 168 Å². The zero-order valence-corrected chi connectivity index (χ0v) is 17.5. The molecule has 0 amide bonds. The molecular formula is C24H32NO3+. The number of quaternary nitrogens is 1. The van der Waals surface area contributed by atoms with E-state index >= 15 is 0 Å². The van der Waals surface area contributed by atoms with Crippen LogP contribution in [0.15, 0.2) is 48.5 Å². The third-order valence-corrected chi connectivity index (χ3v) is 5.83. The molecule has 0 aliphatic carbocycles. The Bertz CT molecular complexity index is 774. The number of esters is 1. The van der Waals surface area contributed by atoms with Gasteiger partial charge in [-0.2, -0.15) is 0 Å². The van der Waals surface area contributed by atoms with E-state index in [2.05, 4.69) is 27.8 Å². The second-order valence-corrected chi connectivity index (χ2v) is 7.92. The molecule has 1 aliphatic heterocycles. The molecule has 0 bridgehead atoms. The van der Waals surface area contributed by atoms with Gasteiger partial charge < -0.3 is 14.0 Å². The van der Waals surface area contributed by atoms with Gasteiger partial charge in [-0.15, -0.1) is 0 Å². The molecule has 2 atom stereocenters. The fourth-order valence-corrected chi connectivity index (χ4v) is 4.06. The average molecular weight is 383 g/mol. The van der Waals surface area contributed by atoms with Crippen LogP contribution in [0.25, 0.3) is 0 Å². The summed E-state index contributed by atoms with van der Waals surface area (Å²) in [7, 11) is 2.25. The zero-order chi connectivity index (χ0) is 20.1. The van der Waals surface area contributed by atoms with Gasteiger partial charge in [-0.25, -0.2) is 0 Å². The highest BCUT2D eigenvalue weighted by molar-refractivity contribution is 5.85. The Morgan fingerprint density at radius 2 is 1.61 bits per heavy atom. The lowest BCUT2D eigenvalue weighted by atomic mass is 9.88. The SMILES string of the molecule is CCC[N+](C)(CC)CC(CC)OC(=O)C1c2ccccc2Oc2ccccc21. The van der Waals surface area contributed by atoms with Gasteiger partial charge in [0.25, 0.3) is 0 Å². The van der Waals surface area contributed by atoms with E-state index in [-0.39, 0.29) is 12.1 Å². The third-order valence-electron chi connectivity index (χ3n) is 5.83. The Balaban J connectivity index is 1.86. The number of nitrogens with zero attached hydrogens (tertiary/aromatic N) is 1. The number of carbonyl (C=O) groups excluding carboxylic acids is 1. The standard InChI is InChI=1S/C24H32NO3/c1-5-16-25(4,7-3)17-18(6-2)27-24(26)23-19-12-8-10-14-21(19)28-22-15-11-9-13-20(22)23/h8-15,18,23H,5-7,16-17H2,1-4H3/q+1. The van der Waals surface area contributed by atoms with Gasteiger partial charge in [0, 0.05) is 11.1 Å². The zero-order valence-electron chi connectivity index (χ0n) is 17.5. The quantitative estimate of drug-likeness (QED) is 0.469. The van der Waals surface area contributed by atoms with Gasteiger partial charge in [-0.1, -0.05) is 50.2 Å². The van der Waals surface area contributed by atoms with Crippen molar-refractivity contribution < 1.29 is 18.8 Å². The molecular weight excluding hydrogens is 350 g/mol. The first kappa shape index (κ1) is 20.4. The van der Waals surface area contributed by atoms with Crippen LogP contribution in [0.3, 0.4) is 0 Å². The fraction of sp³-hybridized carbons (Fsp3) is 0.458. The van der Waals surface area contributed by atoms with Gasteiger partial charge >= 0.3 is 5.97 Å². The largest absolute Gasteiger partial charge is 0.457 e. The highest BCUT2D eigenvalue weighted by atomic mass is 16.5. The number of hydrogen-bond acceptors (Lipinski definition) is 3. The van der Waals surface area contributed by atoms with Crippen LogP contribution in [-0.2, 0) is 9.53 Å². The Kier molecular flexibility index (Phi) is 6.40. The van der Waals surface area contributed by atoms with Crippen molar-refractivity contribution in [2.75, 3.05) is 26.7 Å². The molecule has 2 aromatic rings. The number of fused-ring (bicyclic) bond motifs is 2. The monoisotopic (exact) mass is 382 g/mol. The van der Waals surface area contributed by atoms with Gasteiger partial charge in [-0.3, -0.25) is 4.79 Å². The molecule has 0 radical (unpaired) electrons. The van der Waals surface area contributed by atoms with Gasteiger partial charge in [0.05, 0.1) is 20.1 Å². The van der Waals surface area contributed by atoms with E-state index < -0.39 is 5.92 Å². The molecule has 0 fully saturated rings. The summed E-state index contributed by atoms with van der Waals surface area (Å²) in [5, 5.41) is 0. The van der Waals surface area contributed by atoms with Crippen LogP contribution < -0.4 is 4.74 Å². The first-order valence-electron chi connectivity index (χ1n) is 10.4.